The zero-order valence-corrected chi connectivity index (χ0v) is 12.6. The van der Waals surface area contributed by atoms with Crippen LogP contribution >= 0.6 is 0 Å². The van der Waals surface area contributed by atoms with Gasteiger partial charge in [-0.15, -0.1) is 0 Å². The van der Waals surface area contributed by atoms with Crippen molar-refractivity contribution in [3.8, 4) is 0 Å². The van der Waals surface area contributed by atoms with Crippen LogP contribution in [0.5, 0.6) is 0 Å². The zero-order valence-electron chi connectivity index (χ0n) is 12.6. The minimum absolute atomic E-state index is 0.455. The van der Waals surface area contributed by atoms with Gasteiger partial charge < -0.3 is 4.90 Å². The van der Waals surface area contributed by atoms with E-state index >= 15 is 0 Å². The molecule has 2 aromatic rings. The predicted molar refractivity (Wildman–Crippen MR) is 81.9 cm³/mol. The van der Waals surface area contributed by atoms with Crippen LogP contribution in [0.3, 0.4) is 0 Å². The topological polar surface area (TPSA) is 38.1 Å². The van der Waals surface area contributed by atoms with Gasteiger partial charge in [-0.1, -0.05) is 19.1 Å². The number of aromatic nitrogens is 2. The molecule has 2 aliphatic rings. The van der Waals surface area contributed by atoms with E-state index in [2.05, 4.69) is 30.2 Å². The van der Waals surface area contributed by atoms with Gasteiger partial charge >= 0.3 is 0 Å². The fraction of sp³-hybridized carbons (Fsp3) is 0.529. The summed E-state index contributed by atoms with van der Waals surface area (Å²) in [4.78, 5) is 12.6. The molecule has 110 valence electrons. The van der Waals surface area contributed by atoms with Gasteiger partial charge in [0.25, 0.3) is 0 Å². The molecule has 0 radical (unpaired) electrons. The monoisotopic (exact) mass is 283 g/mol. The first kappa shape index (κ1) is 12.9. The SMILES string of the molecule is C[C@@H](c1ccc2cnn(C)c2c1)C1CC2(C1)CN(C=O)C2. The smallest absolute Gasteiger partial charge is 0.209 e. The first-order valence-electron chi connectivity index (χ1n) is 7.71. The maximum absolute atomic E-state index is 10.7. The van der Waals surface area contributed by atoms with Crippen molar-refractivity contribution in [2.24, 2.45) is 18.4 Å². The Morgan fingerprint density at radius 3 is 2.86 bits per heavy atom. The van der Waals surface area contributed by atoms with Gasteiger partial charge in [0, 0.05) is 30.9 Å². The van der Waals surface area contributed by atoms with E-state index in [1.807, 2.05) is 22.8 Å². The number of hydrogen-bond acceptors (Lipinski definition) is 2. The van der Waals surface area contributed by atoms with E-state index in [-0.39, 0.29) is 0 Å². The lowest BCUT2D eigenvalue weighted by atomic mass is 9.54. The number of likely N-dealkylation sites (tertiary alicyclic amines) is 1. The summed E-state index contributed by atoms with van der Waals surface area (Å²) in [6, 6.07) is 6.72. The van der Waals surface area contributed by atoms with E-state index in [9.17, 15) is 4.79 Å². The van der Waals surface area contributed by atoms with E-state index in [4.69, 9.17) is 0 Å². The third kappa shape index (κ3) is 1.88. The summed E-state index contributed by atoms with van der Waals surface area (Å²) < 4.78 is 1.95. The van der Waals surface area contributed by atoms with Gasteiger partial charge in [-0.3, -0.25) is 9.48 Å². The van der Waals surface area contributed by atoms with Crippen molar-refractivity contribution in [1.29, 1.82) is 0 Å². The van der Waals surface area contributed by atoms with Crippen molar-refractivity contribution in [3.63, 3.8) is 0 Å². The Kier molecular flexibility index (Phi) is 2.65. The number of aryl methyl sites for hydroxylation is 1. The molecular weight excluding hydrogens is 262 g/mol. The fourth-order valence-corrected chi connectivity index (χ4v) is 4.27. The maximum Gasteiger partial charge on any atom is 0.209 e. The third-order valence-corrected chi connectivity index (χ3v) is 5.62. The highest BCUT2D eigenvalue weighted by Gasteiger charge is 2.53. The minimum atomic E-state index is 0.455. The number of hydrogen-bond donors (Lipinski definition) is 0. The molecular formula is C17H21N3O. The molecule has 0 unspecified atom stereocenters. The molecule has 1 saturated carbocycles. The van der Waals surface area contributed by atoms with Crippen LogP contribution in [0.15, 0.2) is 24.4 Å². The average Bonchev–Trinajstić information content (AvgIpc) is 2.77. The molecule has 2 heterocycles. The van der Waals surface area contributed by atoms with Gasteiger partial charge in [0.1, 0.15) is 0 Å². The highest BCUT2D eigenvalue weighted by atomic mass is 16.1. The fourth-order valence-electron chi connectivity index (χ4n) is 4.27. The second kappa shape index (κ2) is 4.33. The largest absolute Gasteiger partial charge is 0.344 e. The Morgan fingerprint density at radius 1 is 1.38 bits per heavy atom. The van der Waals surface area contributed by atoms with Crippen LogP contribution < -0.4 is 0 Å². The first-order valence-corrected chi connectivity index (χ1v) is 7.71. The summed E-state index contributed by atoms with van der Waals surface area (Å²) in [5, 5.41) is 5.52. The van der Waals surface area contributed by atoms with Gasteiger partial charge in [-0.25, -0.2) is 0 Å². The predicted octanol–water partition coefficient (Wildman–Crippen LogP) is 2.55. The first-order chi connectivity index (χ1) is 10.1. The molecule has 4 heteroatoms. The van der Waals surface area contributed by atoms with Crippen LogP contribution in [0.25, 0.3) is 10.9 Å². The normalized spacial score (nSPS) is 22.1. The van der Waals surface area contributed by atoms with Crippen LogP contribution in [0.4, 0.5) is 0 Å². The Hall–Kier alpha value is -1.84. The lowest BCUT2D eigenvalue weighted by molar-refractivity contribution is -0.142. The number of carbonyl (C=O) groups excluding carboxylic acids is 1. The summed E-state index contributed by atoms with van der Waals surface area (Å²) in [7, 11) is 2.00. The Balaban J connectivity index is 1.49. The average molecular weight is 283 g/mol. The van der Waals surface area contributed by atoms with E-state index in [0.29, 0.717) is 11.3 Å². The summed E-state index contributed by atoms with van der Waals surface area (Å²) in [6.45, 7) is 4.28. The molecule has 0 N–H and O–H groups in total. The molecule has 4 nitrogen and oxygen atoms in total. The number of fused-ring (bicyclic) bond motifs is 1. The molecule has 1 aliphatic carbocycles. The Bertz CT molecular complexity index is 691. The molecule has 1 aliphatic heterocycles. The molecule has 2 fully saturated rings. The summed E-state index contributed by atoms with van der Waals surface area (Å²) >= 11 is 0. The van der Waals surface area contributed by atoms with Crippen LogP contribution in [0.2, 0.25) is 0 Å². The van der Waals surface area contributed by atoms with Crippen LogP contribution in [0, 0.1) is 11.3 Å². The van der Waals surface area contributed by atoms with Gasteiger partial charge in [-0.05, 0) is 36.3 Å². The molecule has 4 rings (SSSR count). The second-order valence-electron chi connectivity index (χ2n) is 7.05. The molecule has 1 spiro atoms. The van der Waals surface area contributed by atoms with Gasteiger partial charge in [0.2, 0.25) is 6.41 Å². The van der Waals surface area contributed by atoms with E-state index in [1.54, 1.807) is 0 Å². The van der Waals surface area contributed by atoms with Gasteiger partial charge in [0.05, 0.1) is 11.7 Å². The van der Waals surface area contributed by atoms with Crippen LogP contribution in [-0.4, -0.2) is 34.2 Å². The molecule has 1 amide bonds. The lowest BCUT2D eigenvalue weighted by Gasteiger charge is -2.59. The van der Waals surface area contributed by atoms with E-state index < -0.39 is 0 Å². The van der Waals surface area contributed by atoms with Crippen molar-refractivity contribution in [2.75, 3.05) is 13.1 Å². The molecule has 0 bridgehead atoms. The van der Waals surface area contributed by atoms with Crippen molar-refractivity contribution in [2.45, 2.75) is 25.7 Å². The Morgan fingerprint density at radius 2 is 2.14 bits per heavy atom. The quantitative estimate of drug-likeness (QED) is 0.812. The summed E-state index contributed by atoms with van der Waals surface area (Å²) in [5.74, 6) is 1.34. The third-order valence-electron chi connectivity index (χ3n) is 5.62. The standard InChI is InChI=1S/C17H21N3O/c1-12(15-6-17(7-15)9-20(10-17)11-21)13-3-4-14-8-18-19(2)16(14)5-13/h3-5,8,11-12,15H,6-7,9-10H2,1-2H3/t12-/m0/s1. The number of benzene rings is 1. The summed E-state index contributed by atoms with van der Waals surface area (Å²) in [6.07, 6.45) is 5.44. The Labute approximate surface area is 124 Å². The van der Waals surface area contributed by atoms with Crippen LogP contribution in [-0.2, 0) is 11.8 Å². The van der Waals surface area contributed by atoms with Gasteiger partial charge in [0.15, 0.2) is 0 Å². The van der Waals surface area contributed by atoms with Crippen molar-refractivity contribution < 1.29 is 4.79 Å². The van der Waals surface area contributed by atoms with Crippen LogP contribution in [0.1, 0.15) is 31.2 Å². The summed E-state index contributed by atoms with van der Waals surface area (Å²) in [5.41, 5.74) is 3.08. The zero-order chi connectivity index (χ0) is 14.6. The molecule has 1 atom stereocenters. The minimum Gasteiger partial charge on any atom is -0.344 e. The number of nitrogens with zero attached hydrogens (tertiary/aromatic N) is 3. The van der Waals surface area contributed by atoms with E-state index in [0.717, 1.165) is 25.4 Å². The number of carbonyl (C=O) groups is 1. The second-order valence-corrected chi connectivity index (χ2v) is 7.05. The molecule has 21 heavy (non-hydrogen) atoms. The van der Waals surface area contributed by atoms with E-state index in [1.165, 1.54) is 29.3 Å². The molecule has 1 aromatic carbocycles. The molecule has 1 saturated heterocycles. The molecule has 1 aromatic heterocycles. The lowest BCUT2D eigenvalue weighted by Crippen LogP contribution is -2.62. The number of rotatable bonds is 3. The number of amides is 1. The van der Waals surface area contributed by atoms with Crippen molar-refractivity contribution >= 4 is 17.3 Å². The van der Waals surface area contributed by atoms with Crippen molar-refractivity contribution in [1.82, 2.24) is 14.7 Å². The van der Waals surface area contributed by atoms with Gasteiger partial charge in [-0.2, -0.15) is 5.10 Å². The highest BCUT2D eigenvalue weighted by molar-refractivity contribution is 5.79. The maximum atomic E-state index is 10.7. The highest BCUT2D eigenvalue weighted by Crippen LogP contribution is 2.55. The van der Waals surface area contributed by atoms with Crippen molar-refractivity contribution in [3.05, 3.63) is 30.0 Å².